The smallest absolute Gasteiger partial charge is 0.270 e. The number of hydrogen-bond acceptors (Lipinski definition) is 5. The zero-order valence-electron chi connectivity index (χ0n) is 13.7. The summed E-state index contributed by atoms with van der Waals surface area (Å²) in [6, 6.07) is 13.6. The van der Waals surface area contributed by atoms with Crippen LogP contribution in [0, 0.1) is 0 Å². The summed E-state index contributed by atoms with van der Waals surface area (Å²) in [4.78, 5) is 23.2. The molecule has 0 bridgehead atoms. The highest BCUT2D eigenvalue weighted by Crippen LogP contribution is 2.21. The molecule has 0 unspecified atom stereocenters. The zero-order chi connectivity index (χ0) is 17.1. The first-order chi connectivity index (χ1) is 12.3. The van der Waals surface area contributed by atoms with E-state index in [4.69, 9.17) is 4.42 Å². The number of benzene rings is 1. The predicted molar refractivity (Wildman–Crippen MR) is 93.1 cm³/mol. The van der Waals surface area contributed by atoms with Crippen LogP contribution in [0.2, 0.25) is 0 Å². The van der Waals surface area contributed by atoms with Crippen LogP contribution in [0.5, 0.6) is 0 Å². The SMILES string of the molecule is O=C(NCc1ccco1)c1ccnc(N2CCc3ccccc3C2)n1. The number of carbonyl (C=O) groups is 1. The van der Waals surface area contributed by atoms with E-state index >= 15 is 0 Å². The minimum atomic E-state index is -0.238. The van der Waals surface area contributed by atoms with E-state index in [2.05, 4.69) is 38.4 Å². The van der Waals surface area contributed by atoms with Crippen molar-refractivity contribution in [2.75, 3.05) is 11.4 Å². The topological polar surface area (TPSA) is 71.3 Å². The minimum absolute atomic E-state index is 0.238. The first-order valence-corrected chi connectivity index (χ1v) is 8.25. The summed E-state index contributed by atoms with van der Waals surface area (Å²) in [6.07, 6.45) is 4.16. The average Bonchev–Trinajstić information content (AvgIpc) is 3.19. The minimum Gasteiger partial charge on any atom is -0.467 e. The molecule has 1 aliphatic rings. The summed E-state index contributed by atoms with van der Waals surface area (Å²) in [5, 5.41) is 2.81. The molecule has 1 aromatic carbocycles. The van der Waals surface area contributed by atoms with Gasteiger partial charge in [0.25, 0.3) is 5.91 Å². The molecule has 126 valence electrons. The van der Waals surface area contributed by atoms with E-state index in [1.807, 2.05) is 12.1 Å². The molecule has 1 aliphatic heterocycles. The first kappa shape index (κ1) is 15.4. The van der Waals surface area contributed by atoms with Gasteiger partial charge in [-0.05, 0) is 35.7 Å². The van der Waals surface area contributed by atoms with Crippen molar-refractivity contribution in [2.24, 2.45) is 0 Å². The van der Waals surface area contributed by atoms with Gasteiger partial charge in [0.15, 0.2) is 0 Å². The van der Waals surface area contributed by atoms with Gasteiger partial charge in [0.2, 0.25) is 5.95 Å². The number of hydrogen-bond donors (Lipinski definition) is 1. The first-order valence-electron chi connectivity index (χ1n) is 8.25. The Hall–Kier alpha value is -3.15. The second-order valence-corrected chi connectivity index (χ2v) is 5.94. The zero-order valence-corrected chi connectivity index (χ0v) is 13.7. The van der Waals surface area contributed by atoms with Crippen molar-refractivity contribution in [1.29, 1.82) is 0 Å². The van der Waals surface area contributed by atoms with Gasteiger partial charge in [-0.3, -0.25) is 4.79 Å². The van der Waals surface area contributed by atoms with Crippen molar-refractivity contribution in [3.8, 4) is 0 Å². The van der Waals surface area contributed by atoms with Crippen LogP contribution in [0.25, 0.3) is 0 Å². The summed E-state index contributed by atoms with van der Waals surface area (Å²) < 4.78 is 5.22. The molecule has 3 heterocycles. The van der Waals surface area contributed by atoms with Crippen molar-refractivity contribution < 1.29 is 9.21 Å². The highest BCUT2D eigenvalue weighted by Gasteiger charge is 2.19. The van der Waals surface area contributed by atoms with E-state index in [-0.39, 0.29) is 5.91 Å². The fourth-order valence-corrected chi connectivity index (χ4v) is 2.96. The summed E-state index contributed by atoms with van der Waals surface area (Å²) >= 11 is 0. The van der Waals surface area contributed by atoms with Crippen LogP contribution in [0.3, 0.4) is 0 Å². The number of anilines is 1. The maximum atomic E-state index is 12.3. The molecular formula is C19H18N4O2. The van der Waals surface area contributed by atoms with Gasteiger partial charge in [0.05, 0.1) is 12.8 Å². The molecule has 0 spiro atoms. The Morgan fingerprint density at radius 2 is 2.04 bits per heavy atom. The Kier molecular flexibility index (Phi) is 4.16. The van der Waals surface area contributed by atoms with Gasteiger partial charge < -0.3 is 14.6 Å². The molecule has 0 fully saturated rings. The highest BCUT2D eigenvalue weighted by molar-refractivity contribution is 5.92. The summed E-state index contributed by atoms with van der Waals surface area (Å²) in [5.74, 6) is 1.05. The number of amides is 1. The van der Waals surface area contributed by atoms with Crippen molar-refractivity contribution in [3.63, 3.8) is 0 Å². The Bertz CT molecular complexity index is 877. The van der Waals surface area contributed by atoms with Crippen molar-refractivity contribution in [2.45, 2.75) is 19.5 Å². The molecule has 1 amide bonds. The third kappa shape index (κ3) is 3.38. The fraction of sp³-hybridized carbons (Fsp3) is 0.211. The van der Waals surface area contributed by atoms with Gasteiger partial charge in [0.1, 0.15) is 11.5 Å². The molecular weight excluding hydrogens is 316 g/mol. The van der Waals surface area contributed by atoms with E-state index in [0.717, 1.165) is 19.5 Å². The number of fused-ring (bicyclic) bond motifs is 1. The number of nitrogens with zero attached hydrogens (tertiary/aromatic N) is 3. The standard InChI is InChI=1S/C19H18N4O2/c24-18(21-12-16-6-3-11-25-16)17-7-9-20-19(22-17)23-10-8-14-4-1-2-5-15(14)13-23/h1-7,9,11H,8,10,12-13H2,(H,21,24). The highest BCUT2D eigenvalue weighted by atomic mass is 16.3. The second kappa shape index (κ2) is 6.76. The molecule has 0 atom stereocenters. The Labute approximate surface area is 145 Å². The largest absolute Gasteiger partial charge is 0.467 e. The van der Waals surface area contributed by atoms with E-state index in [1.165, 1.54) is 11.1 Å². The van der Waals surface area contributed by atoms with E-state index in [1.54, 1.807) is 24.6 Å². The number of aromatic nitrogens is 2. The van der Waals surface area contributed by atoms with Crippen LogP contribution >= 0.6 is 0 Å². The maximum absolute atomic E-state index is 12.3. The molecule has 25 heavy (non-hydrogen) atoms. The van der Waals surface area contributed by atoms with E-state index < -0.39 is 0 Å². The lowest BCUT2D eigenvalue weighted by Crippen LogP contribution is -2.32. The molecule has 0 saturated carbocycles. The third-order valence-corrected chi connectivity index (χ3v) is 4.29. The van der Waals surface area contributed by atoms with E-state index in [9.17, 15) is 4.79 Å². The average molecular weight is 334 g/mol. The van der Waals surface area contributed by atoms with Gasteiger partial charge >= 0.3 is 0 Å². The lowest BCUT2D eigenvalue weighted by molar-refractivity contribution is 0.0943. The molecule has 0 radical (unpaired) electrons. The fourth-order valence-electron chi connectivity index (χ4n) is 2.96. The second-order valence-electron chi connectivity index (χ2n) is 5.94. The Morgan fingerprint density at radius 3 is 2.88 bits per heavy atom. The van der Waals surface area contributed by atoms with Crippen molar-refractivity contribution in [3.05, 3.63) is 77.5 Å². The number of nitrogens with one attached hydrogen (secondary N) is 1. The molecule has 6 nitrogen and oxygen atoms in total. The van der Waals surface area contributed by atoms with Gasteiger partial charge in [-0.15, -0.1) is 0 Å². The Balaban J connectivity index is 1.47. The van der Waals surface area contributed by atoms with E-state index in [0.29, 0.717) is 23.9 Å². The van der Waals surface area contributed by atoms with Crippen molar-refractivity contribution >= 4 is 11.9 Å². The quantitative estimate of drug-likeness (QED) is 0.794. The van der Waals surface area contributed by atoms with Crippen LogP contribution < -0.4 is 10.2 Å². The Morgan fingerprint density at radius 1 is 1.16 bits per heavy atom. The number of carbonyl (C=O) groups excluding carboxylic acids is 1. The summed E-state index contributed by atoms with van der Waals surface area (Å²) in [7, 11) is 0. The van der Waals surface area contributed by atoms with Crippen LogP contribution in [-0.4, -0.2) is 22.4 Å². The molecule has 1 N–H and O–H groups in total. The lowest BCUT2D eigenvalue weighted by Gasteiger charge is -2.28. The lowest BCUT2D eigenvalue weighted by atomic mass is 10.0. The van der Waals surface area contributed by atoms with Gasteiger partial charge in [-0.1, -0.05) is 24.3 Å². The van der Waals surface area contributed by atoms with Crippen LogP contribution in [-0.2, 0) is 19.5 Å². The summed E-state index contributed by atoms with van der Waals surface area (Å²) in [5.41, 5.74) is 3.01. The molecule has 3 aromatic rings. The predicted octanol–water partition coefficient (Wildman–Crippen LogP) is 2.56. The van der Waals surface area contributed by atoms with Gasteiger partial charge in [0, 0.05) is 19.3 Å². The molecule has 2 aromatic heterocycles. The normalized spacial score (nSPS) is 13.4. The maximum Gasteiger partial charge on any atom is 0.270 e. The van der Waals surface area contributed by atoms with Gasteiger partial charge in [-0.2, -0.15) is 0 Å². The van der Waals surface area contributed by atoms with Crippen LogP contribution in [0.15, 0.2) is 59.3 Å². The van der Waals surface area contributed by atoms with Crippen molar-refractivity contribution in [1.82, 2.24) is 15.3 Å². The number of furan rings is 1. The molecule has 0 saturated heterocycles. The van der Waals surface area contributed by atoms with Crippen LogP contribution in [0.1, 0.15) is 27.4 Å². The monoisotopic (exact) mass is 334 g/mol. The molecule has 6 heteroatoms. The molecule has 0 aliphatic carbocycles. The van der Waals surface area contributed by atoms with Crippen LogP contribution in [0.4, 0.5) is 5.95 Å². The van der Waals surface area contributed by atoms with Gasteiger partial charge in [-0.25, -0.2) is 9.97 Å². The third-order valence-electron chi connectivity index (χ3n) is 4.29. The summed E-state index contributed by atoms with van der Waals surface area (Å²) in [6.45, 7) is 1.93. The number of rotatable bonds is 4. The molecule has 4 rings (SSSR count).